The molecule has 1 fully saturated rings. The highest BCUT2D eigenvalue weighted by Crippen LogP contribution is 2.21. The quantitative estimate of drug-likeness (QED) is 0.746. The van der Waals surface area contributed by atoms with Crippen molar-refractivity contribution in [3.8, 4) is 0 Å². The van der Waals surface area contributed by atoms with Gasteiger partial charge in [0.1, 0.15) is 0 Å². The van der Waals surface area contributed by atoms with E-state index in [1.807, 2.05) is 13.8 Å². The minimum Gasteiger partial charge on any atom is -0.390 e. The Morgan fingerprint density at radius 2 is 2.18 bits per heavy atom. The maximum atomic E-state index is 9.77. The fourth-order valence-corrected chi connectivity index (χ4v) is 2.62. The van der Waals surface area contributed by atoms with Crippen LogP contribution in [0.3, 0.4) is 0 Å². The average molecular weight is 242 g/mol. The van der Waals surface area contributed by atoms with Gasteiger partial charge in [-0.3, -0.25) is 0 Å². The Balaban J connectivity index is 2.33. The number of likely N-dealkylation sites (tertiary alicyclic amines) is 1. The number of hydrogen-bond acceptors (Lipinski definition) is 3. The second-order valence-corrected chi connectivity index (χ2v) is 6.11. The smallest absolute Gasteiger partial charge is 0.0603 e. The van der Waals surface area contributed by atoms with Gasteiger partial charge in [0.05, 0.1) is 5.60 Å². The SMILES string of the molecule is CCNC(C)C1CCCN(CCC(C)(C)O)C1. The summed E-state index contributed by atoms with van der Waals surface area (Å²) < 4.78 is 0. The maximum Gasteiger partial charge on any atom is 0.0603 e. The third-order valence-electron chi connectivity index (χ3n) is 3.82. The maximum absolute atomic E-state index is 9.77. The summed E-state index contributed by atoms with van der Waals surface area (Å²) in [6, 6.07) is 0.616. The first-order valence-electron chi connectivity index (χ1n) is 7.10. The van der Waals surface area contributed by atoms with E-state index in [2.05, 4.69) is 24.1 Å². The Kier molecular flexibility index (Phi) is 5.90. The summed E-state index contributed by atoms with van der Waals surface area (Å²) in [6.45, 7) is 12.7. The minimum absolute atomic E-state index is 0.528. The van der Waals surface area contributed by atoms with Crippen LogP contribution in [-0.4, -0.2) is 47.8 Å². The number of rotatable bonds is 6. The first-order valence-corrected chi connectivity index (χ1v) is 7.10. The van der Waals surface area contributed by atoms with E-state index in [-0.39, 0.29) is 0 Å². The van der Waals surface area contributed by atoms with Gasteiger partial charge in [0.2, 0.25) is 0 Å². The van der Waals surface area contributed by atoms with E-state index in [1.165, 1.54) is 25.9 Å². The van der Waals surface area contributed by atoms with Crippen molar-refractivity contribution in [2.45, 2.75) is 58.6 Å². The molecule has 1 heterocycles. The lowest BCUT2D eigenvalue weighted by atomic mass is 9.91. The van der Waals surface area contributed by atoms with Crippen LogP contribution >= 0.6 is 0 Å². The number of hydrogen-bond donors (Lipinski definition) is 2. The molecule has 1 aliphatic rings. The zero-order chi connectivity index (χ0) is 12.9. The molecule has 0 amide bonds. The number of nitrogens with zero attached hydrogens (tertiary/aromatic N) is 1. The van der Waals surface area contributed by atoms with Gasteiger partial charge in [0.15, 0.2) is 0 Å². The summed E-state index contributed by atoms with van der Waals surface area (Å²) in [5.41, 5.74) is -0.528. The molecule has 3 nitrogen and oxygen atoms in total. The Labute approximate surface area is 107 Å². The molecule has 3 heteroatoms. The van der Waals surface area contributed by atoms with E-state index in [9.17, 15) is 5.11 Å². The van der Waals surface area contributed by atoms with Crippen LogP contribution in [0, 0.1) is 5.92 Å². The summed E-state index contributed by atoms with van der Waals surface area (Å²) >= 11 is 0. The van der Waals surface area contributed by atoms with Crippen molar-refractivity contribution in [1.29, 1.82) is 0 Å². The predicted octanol–water partition coefficient (Wildman–Crippen LogP) is 1.86. The molecule has 1 aliphatic heterocycles. The molecule has 0 radical (unpaired) electrons. The van der Waals surface area contributed by atoms with Crippen molar-refractivity contribution in [3.63, 3.8) is 0 Å². The zero-order valence-corrected chi connectivity index (χ0v) is 12.0. The highest BCUT2D eigenvalue weighted by atomic mass is 16.3. The summed E-state index contributed by atoms with van der Waals surface area (Å²) in [4.78, 5) is 2.51. The highest BCUT2D eigenvalue weighted by molar-refractivity contribution is 4.81. The molecule has 0 bridgehead atoms. The Bertz CT molecular complexity index is 213. The second kappa shape index (κ2) is 6.72. The third kappa shape index (κ3) is 5.84. The molecule has 2 N–H and O–H groups in total. The standard InChI is InChI=1S/C14H30N2O/c1-5-15-12(2)13-7-6-9-16(11-13)10-8-14(3,4)17/h12-13,15,17H,5-11H2,1-4H3. The lowest BCUT2D eigenvalue weighted by Crippen LogP contribution is -2.45. The van der Waals surface area contributed by atoms with Crippen LogP contribution in [-0.2, 0) is 0 Å². The fraction of sp³-hybridized carbons (Fsp3) is 1.00. The zero-order valence-electron chi connectivity index (χ0n) is 12.0. The summed E-state index contributed by atoms with van der Waals surface area (Å²) in [6.07, 6.45) is 3.51. The molecular weight excluding hydrogens is 212 g/mol. The van der Waals surface area contributed by atoms with Crippen molar-refractivity contribution < 1.29 is 5.11 Å². The van der Waals surface area contributed by atoms with Crippen LogP contribution in [0.15, 0.2) is 0 Å². The van der Waals surface area contributed by atoms with Crippen LogP contribution in [0.5, 0.6) is 0 Å². The average Bonchev–Trinajstić information content (AvgIpc) is 2.26. The normalized spacial score (nSPS) is 24.9. The Morgan fingerprint density at radius 1 is 1.47 bits per heavy atom. The van der Waals surface area contributed by atoms with Crippen molar-refractivity contribution in [2.75, 3.05) is 26.2 Å². The van der Waals surface area contributed by atoms with Crippen molar-refractivity contribution in [2.24, 2.45) is 5.92 Å². The molecule has 0 aromatic heterocycles. The van der Waals surface area contributed by atoms with E-state index in [1.54, 1.807) is 0 Å². The molecular formula is C14H30N2O. The molecule has 0 aromatic carbocycles. The van der Waals surface area contributed by atoms with E-state index >= 15 is 0 Å². The summed E-state index contributed by atoms with van der Waals surface area (Å²) in [7, 11) is 0. The van der Waals surface area contributed by atoms with E-state index in [4.69, 9.17) is 0 Å². The van der Waals surface area contributed by atoms with Gasteiger partial charge in [-0.1, -0.05) is 6.92 Å². The largest absolute Gasteiger partial charge is 0.390 e. The van der Waals surface area contributed by atoms with Gasteiger partial charge in [0.25, 0.3) is 0 Å². The fourth-order valence-electron chi connectivity index (χ4n) is 2.62. The van der Waals surface area contributed by atoms with Gasteiger partial charge in [0, 0.05) is 19.1 Å². The molecule has 1 saturated heterocycles. The van der Waals surface area contributed by atoms with Gasteiger partial charge in [-0.05, 0) is 59.0 Å². The first kappa shape index (κ1) is 14.9. The third-order valence-corrected chi connectivity index (χ3v) is 3.82. The van der Waals surface area contributed by atoms with Gasteiger partial charge >= 0.3 is 0 Å². The first-order chi connectivity index (χ1) is 7.92. The number of piperidine rings is 1. The van der Waals surface area contributed by atoms with Crippen LogP contribution in [0.2, 0.25) is 0 Å². The van der Waals surface area contributed by atoms with Crippen LogP contribution in [0.1, 0.15) is 47.0 Å². The van der Waals surface area contributed by atoms with Gasteiger partial charge in [-0.25, -0.2) is 0 Å². The van der Waals surface area contributed by atoms with Gasteiger partial charge in [-0.2, -0.15) is 0 Å². The Morgan fingerprint density at radius 3 is 2.76 bits per heavy atom. The topological polar surface area (TPSA) is 35.5 Å². The number of nitrogens with one attached hydrogen (secondary N) is 1. The molecule has 0 spiro atoms. The van der Waals surface area contributed by atoms with Crippen molar-refractivity contribution >= 4 is 0 Å². The molecule has 0 aromatic rings. The van der Waals surface area contributed by atoms with Crippen LogP contribution in [0.25, 0.3) is 0 Å². The van der Waals surface area contributed by atoms with Crippen molar-refractivity contribution in [3.05, 3.63) is 0 Å². The lowest BCUT2D eigenvalue weighted by Gasteiger charge is -2.37. The monoisotopic (exact) mass is 242 g/mol. The van der Waals surface area contributed by atoms with E-state index in [0.29, 0.717) is 6.04 Å². The Hall–Kier alpha value is -0.120. The molecule has 102 valence electrons. The highest BCUT2D eigenvalue weighted by Gasteiger charge is 2.25. The second-order valence-electron chi connectivity index (χ2n) is 6.11. The van der Waals surface area contributed by atoms with Gasteiger partial charge in [-0.15, -0.1) is 0 Å². The molecule has 2 unspecified atom stereocenters. The van der Waals surface area contributed by atoms with Gasteiger partial charge < -0.3 is 15.3 Å². The van der Waals surface area contributed by atoms with E-state index in [0.717, 1.165) is 25.4 Å². The molecule has 17 heavy (non-hydrogen) atoms. The molecule has 0 saturated carbocycles. The summed E-state index contributed by atoms with van der Waals surface area (Å²) in [5, 5.41) is 13.3. The molecule has 0 aliphatic carbocycles. The van der Waals surface area contributed by atoms with Crippen LogP contribution in [0.4, 0.5) is 0 Å². The summed E-state index contributed by atoms with van der Waals surface area (Å²) in [5.74, 6) is 0.769. The minimum atomic E-state index is -0.528. The number of aliphatic hydroxyl groups is 1. The molecule has 1 rings (SSSR count). The molecule has 2 atom stereocenters. The van der Waals surface area contributed by atoms with Crippen LogP contribution < -0.4 is 5.32 Å². The van der Waals surface area contributed by atoms with Crippen molar-refractivity contribution in [1.82, 2.24) is 10.2 Å². The lowest BCUT2D eigenvalue weighted by molar-refractivity contribution is 0.0485. The predicted molar refractivity (Wildman–Crippen MR) is 73.2 cm³/mol. The van der Waals surface area contributed by atoms with E-state index < -0.39 is 5.60 Å².